The van der Waals surface area contributed by atoms with E-state index < -0.39 is 5.54 Å². The summed E-state index contributed by atoms with van der Waals surface area (Å²) in [5.74, 6) is -0.112. The van der Waals surface area contributed by atoms with Gasteiger partial charge in [-0.2, -0.15) is 0 Å². The van der Waals surface area contributed by atoms with E-state index in [1.54, 1.807) is 12.1 Å². The molecule has 7 nitrogen and oxygen atoms in total. The molecule has 1 aromatic rings. The zero-order chi connectivity index (χ0) is 18.6. The number of nitrogens with two attached hydrogens (primary N) is 1. The van der Waals surface area contributed by atoms with Gasteiger partial charge in [0.2, 0.25) is 11.8 Å². The van der Waals surface area contributed by atoms with Gasteiger partial charge in [-0.05, 0) is 25.0 Å². The number of amides is 2. The lowest BCUT2D eigenvalue weighted by Crippen LogP contribution is -2.61. The van der Waals surface area contributed by atoms with Crippen molar-refractivity contribution in [2.24, 2.45) is 5.73 Å². The van der Waals surface area contributed by atoms with Crippen LogP contribution in [0.15, 0.2) is 24.3 Å². The van der Waals surface area contributed by atoms with Gasteiger partial charge in [0.05, 0.1) is 22.8 Å². The molecule has 2 aliphatic heterocycles. The molecule has 1 aromatic carbocycles. The van der Waals surface area contributed by atoms with E-state index >= 15 is 0 Å². The van der Waals surface area contributed by atoms with Crippen molar-refractivity contribution >= 4 is 53.9 Å². The average Bonchev–Trinajstić information content (AvgIpc) is 2.64. The number of carbonyl (C=O) groups is 2. The molecule has 2 saturated heterocycles. The van der Waals surface area contributed by atoms with Crippen molar-refractivity contribution in [3.63, 3.8) is 0 Å². The maximum atomic E-state index is 12.7. The number of hydrogen-bond donors (Lipinski definition) is 2. The highest BCUT2D eigenvalue weighted by Crippen LogP contribution is 2.22. The molecule has 2 heterocycles. The first-order chi connectivity index (χ1) is 12.5. The van der Waals surface area contributed by atoms with Crippen LogP contribution in [-0.2, 0) is 14.3 Å². The number of piperazine rings is 1. The maximum absolute atomic E-state index is 12.7. The van der Waals surface area contributed by atoms with Crippen LogP contribution >= 0.6 is 36.4 Å². The number of anilines is 1. The molecule has 2 fully saturated rings. The first-order valence-electron chi connectivity index (χ1n) is 8.91. The molecule has 0 atom stereocenters. The molecule has 0 aromatic heterocycles. The fourth-order valence-corrected chi connectivity index (χ4v) is 3.51. The second kappa shape index (κ2) is 11.2. The standard InChI is InChI=1S/C18H25ClN4O3.2ClH/c19-14-3-1-2-4-15(14)21-16(24)13-22-7-9-23(10-8-22)17(25)18(20)5-11-26-12-6-18;;/h1-4H,5-13,20H2,(H,21,24);2*1H. The van der Waals surface area contributed by atoms with E-state index in [4.69, 9.17) is 22.1 Å². The van der Waals surface area contributed by atoms with Crippen molar-refractivity contribution < 1.29 is 14.3 Å². The van der Waals surface area contributed by atoms with E-state index in [1.165, 1.54) is 0 Å². The summed E-state index contributed by atoms with van der Waals surface area (Å²) in [7, 11) is 0. The summed E-state index contributed by atoms with van der Waals surface area (Å²) in [5.41, 5.74) is 6.09. The average molecular weight is 454 g/mol. The molecule has 0 spiro atoms. The topological polar surface area (TPSA) is 87.9 Å². The van der Waals surface area contributed by atoms with Crippen LogP contribution in [0.4, 0.5) is 5.69 Å². The molecule has 2 aliphatic rings. The number of hydrogen-bond acceptors (Lipinski definition) is 5. The van der Waals surface area contributed by atoms with Gasteiger partial charge in [0, 0.05) is 39.4 Å². The Morgan fingerprint density at radius 1 is 1.11 bits per heavy atom. The Bertz CT molecular complexity index is 663. The second-order valence-electron chi connectivity index (χ2n) is 6.86. The number of benzene rings is 1. The lowest BCUT2D eigenvalue weighted by Gasteiger charge is -2.40. The van der Waals surface area contributed by atoms with Crippen LogP contribution in [0.2, 0.25) is 5.02 Å². The number of halogens is 3. The SMILES string of the molecule is Cl.Cl.NC1(C(=O)N2CCN(CC(=O)Nc3ccccc3Cl)CC2)CCOCC1. The largest absolute Gasteiger partial charge is 0.381 e. The van der Waals surface area contributed by atoms with E-state index in [0.29, 0.717) is 62.9 Å². The normalized spacial score (nSPS) is 19.1. The summed E-state index contributed by atoms with van der Waals surface area (Å²) < 4.78 is 5.31. The number of nitrogens with one attached hydrogen (secondary N) is 1. The number of ether oxygens (including phenoxy) is 1. The molecule has 3 N–H and O–H groups in total. The molecular formula is C18H27Cl3N4O3. The van der Waals surface area contributed by atoms with Crippen molar-refractivity contribution in [3.8, 4) is 0 Å². The quantitative estimate of drug-likeness (QED) is 0.725. The van der Waals surface area contributed by atoms with Crippen molar-refractivity contribution in [2.45, 2.75) is 18.4 Å². The third-order valence-corrected chi connectivity index (χ3v) is 5.32. The molecule has 28 heavy (non-hydrogen) atoms. The van der Waals surface area contributed by atoms with Crippen LogP contribution < -0.4 is 11.1 Å². The molecule has 10 heteroatoms. The molecule has 0 saturated carbocycles. The Morgan fingerprint density at radius 2 is 1.71 bits per heavy atom. The Hall–Kier alpha value is -1.09. The first-order valence-corrected chi connectivity index (χ1v) is 9.28. The molecule has 2 amide bonds. The smallest absolute Gasteiger partial charge is 0.242 e. The predicted molar refractivity (Wildman–Crippen MR) is 115 cm³/mol. The third-order valence-electron chi connectivity index (χ3n) is 4.99. The van der Waals surface area contributed by atoms with Gasteiger partial charge in [0.15, 0.2) is 0 Å². The lowest BCUT2D eigenvalue weighted by atomic mass is 9.89. The van der Waals surface area contributed by atoms with Crippen LogP contribution in [0.25, 0.3) is 0 Å². The highest BCUT2D eigenvalue weighted by molar-refractivity contribution is 6.33. The van der Waals surface area contributed by atoms with Gasteiger partial charge in [0.25, 0.3) is 0 Å². The highest BCUT2D eigenvalue weighted by atomic mass is 35.5. The number of para-hydroxylation sites is 1. The van der Waals surface area contributed by atoms with Crippen LogP contribution in [0.1, 0.15) is 12.8 Å². The molecule has 0 bridgehead atoms. The minimum absolute atomic E-state index is 0. The van der Waals surface area contributed by atoms with E-state index in [-0.39, 0.29) is 43.2 Å². The fourth-order valence-electron chi connectivity index (χ4n) is 3.33. The van der Waals surface area contributed by atoms with Gasteiger partial charge in [-0.3, -0.25) is 14.5 Å². The molecule has 0 aliphatic carbocycles. The Labute approximate surface area is 182 Å². The first kappa shape index (κ1) is 24.9. The minimum atomic E-state index is -0.804. The van der Waals surface area contributed by atoms with Gasteiger partial charge in [-0.15, -0.1) is 24.8 Å². The monoisotopic (exact) mass is 452 g/mol. The van der Waals surface area contributed by atoms with Crippen molar-refractivity contribution in [3.05, 3.63) is 29.3 Å². The maximum Gasteiger partial charge on any atom is 0.242 e. The summed E-state index contributed by atoms with van der Waals surface area (Å²) in [6.45, 7) is 3.79. The van der Waals surface area contributed by atoms with Crippen LogP contribution in [0, 0.1) is 0 Å². The third kappa shape index (κ3) is 6.20. The summed E-state index contributed by atoms with van der Waals surface area (Å²) in [5, 5.41) is 3.34. The minimum Gasteiger partial charge on any atom is -0.381 e. The Kier molecular flexibility index (Phi) is 9.97. The summed E-state index contributed by atoms with van der Waals surface area (Å²) in [6, 6.07) is 7.15. The van der Waals surface area contributed by atoms with Gasteiger partial charge in [-0.25, -0.2) is 0 Å². The van der Waals surface area contributed by atoms with Gasteiger partial charge in [-0.1, -0.05) is 23.7 Å². The number of carbonyl (C=O) groups excluding carboxylic acids is 2. The zero-order valence-electron chi connectivity index (χ0n) is 15.6. The highest BCUT2D eigenvalue weighted by Gasteiger charge is 2.39. The fraction of sp³-hybridized carbons (Fsp3) is 0.556. The van der Waals surface area contributed by atoms with E-state index in [9.17, 15) is 9.59 Å². The van der Waals surface area contributed by atoms with Crippen LogP contribution in [0.3, 0.4) is 0 Å². The Morgan fingerprint density at radius 3 is 2.32 bits per heavy atom. The Balaban J connectivity index is 0.00000196. The van der Waals surface area contributed by atoms with Gasteiger partial charge >= 0.3 is 0 Å². The molecule has 158 valence electrons. The molecule has 0 unspecified atom stereocenters. The number of rotatable bonds is 4. The second-order valence-corrected chi connectivity index (χ2v) is 7.27. The van der Waals surface area contributed by atoms with E-state index in [1.807, 2.05) is 21.9 Å². The molecular weight excluding hydrogens is 427 g/mol. The molecule has 3 rings (SSSR count). The zero-order valence-corrected chi connectivity index (χ0v) is 18.0. The summed E-state index contributed by atoms with van der Waals surface area (Å²) in [4.78, 5) is 28.8. The van der Waals surface area contributed by atoms with Crippen LogP contribution in [-0.4, -0.2) is 73.1 Å². The van der Waals surface area contributed by atoms with Crippen molar-refractivity contribution in [2.75, 3.05) is 51.3 Å². The summed E-state index contributed by atoms with van der Waals surface area (Å²) in [6.07, 6.45) is 1.12. The van der Waals surface area contributed by atoms with Gasteiger partial charge in [0.1, 0.15) is 0 Å². The van der Waals surface area contributed by atoms with Gasteiger partial charge < -0.3 is 20.7 Å². The van der Waals surface area contributed by atoms with Crippen molar-refractivity contribution in [1.82, 2.24) is 9.80 Å². The van der Waals surface area contributed by atoms with Crippen molar-refractivity contribution in [1.29, 1.82) is 0 Å². The van der Waals surface area contributed by atoms with E-state index in [0.717, 1.165) is 0 Å². The van der Waals surface area contributed by atoms with E-state index in [2.05, 4.69) is 5.32 Å². The predicted octanol–water partition coefficient (Wildman–Crippen LogP) is 1.77. The summed E-state index contributed by atoms with van der Waals surface area (Å²) >= 11 is 6.06. The lowest BCUT2D eigenvalue weighted by molar-refractivity contribution is -0.142. The van der Waals surface area contributed by atoms with Crippen LogP contribution in [0.5, 0.6) is 0 Å². The molecule has 0 radical (unpaired) electrons. The number of nitrogens with zero attached hydrogens (tertiary/aromatic N) is 2.